The Morgan fingerprint density at radius 2 is 1.88 bits per heavy atom. The largest absolute Gasteiger partial charge is 1.00 e. The van der Waals surface area contributed by atoms with Gasteiger partial charge < -0.3 is 15.2 Å². The van der Waals surface area contributed by atoms with Gasteiger partial charge in [-0.3, -0.25) is 4.90 Å². The Morgan fingerprint density at radius 1 is 1.23 bits per heavy atom. The maximum Gasteiger partial charge on any atom is 1.00 e. The van der Waals surface area contributed by atoms with Gasteiger partial charge in [0, 0.05) is 24.2 Å². The maximum absolute atomic E-state index is 11.5. The fourth-order valence-electron chi connectivity index (χ4n) is 3.32. The summed E-state index contributed by atoms with van der Waals surface area (Å²) in [7, 11) is 2.08. The predicted octanol–water partition coefficient (Wildman–Crippen LogP) is -1.35. The number of nitrogens with zero attached hydrogens (tertiary/aromatic N) is 1. The van der Waals surface area contributed by atoms with Crippen molar-refractivity contribution in [2.45, 2.75) is 31.5 Å². The Labute approximate surface area is 171 Å². The van der Waals surface area contributed by atoms with E-state index in [1.165, 1.54) is 11.1 Å². The third-order valence-electron chi connectivity index (χ3n) is 4.85. The van der Waals surface area contributed by atoms with E-state index in [2.05, 4.69) is 41.5 Å². The summed E-state index contributed by atoms with van der Waals surface area (Å²) in [6, 6.07) is 15.2. The maximum atomic E-state index is 11.5. The number of carboxylic acids is 1. The molecule has 1 heterocycles. The second-order valence-corrected chi connectivity index (χ2v) is 7.09. The van der Waals surface area contributed by atoms with Gasteiger partial charge in [-0.15, -0.1) is 0 Å². The van der Waals surface area contributed by atoms with Crippen molar-refractivity contribution in [3.05, 3.63) is 70.2 Å². The van der Waals surface area contributed by atoms with Crippen LogP contribution in [-0.2, 0) is 24.2 Å². The average molecular weight is 365 g/mol. The second-order valence-electron chi connectivity index (χ2n) is 6.65. The first kappa shape index (κ1) is 21.0. The van der Waals surface area contributed by atoms with E-state index in [0.717, 1.165) is 18.5 Å². The van der Waals surface area contributed by atoms with E-state index in [4.69, 9.17) is 11.6 Å². The van der Waals surface area contributed by atoms with Crippen molar-refractivity contribution >= 4 is 17.6 Å². The number of rotatable bonds is 6. The molecule has 26 heavy (non-hydrogen) atoms. The fourth-order valence-corrected chi connectivity index (χ4v) is 3.45. The molecular weight excluding hydrogens is 343 g/mol. The van der Waals surface area contributed by atoms with E-state index in [9.17, 15) is 9.90 Å². The molecule has 0 saturated carbocycles. The molecule has 0 amide bonds. The summed E-state index contributed by atoms with van der Waals surface area (Å²) < 4.78 is 0. The molecule has 0 aromatic heterocycles. The molecule has 1 N–H and O–H groups in total. The molecule has 0 unspecified atom stereocenters. The van der Waals surface area contributed by atoms with Crippen molar-refractivity contribution in [1.29, 1.82) is 0 Å². The number of hydrogen-bond acceptors (Lipinski definition) is 4. The Kier molecular flexibility index (Phi) is 7.76. The van der Waals surface area contributed by atoms with Gasteiger partial charge in [0.15, 0.2) is 0 Å². The first-order valence-corrected chi connectivity index (χ1v) is 8.86. The predicted molar refractivity (Wildman–Crippen MR) is 97.4 cm³/mol. The van der Waals surface area contributed by atoms with Gasteiger partial charge in [-0.2, -0.15) is 0 Å². The van der Waals surface area contributed by atoms with Crippen LogP contribution < -0.4 is 29.3 Å². The number of carboxylic acid groups (broad SMARTS) is 1. The number of fused-ring (bicyclic) bond motifs is 1. The van der Waals surface area contributed by atoms with Gasteiger partial charge in [0.05, 0.1) is 12.0 Å². The van der Waals surface area contributed by atoms with Crippen molar-refractivity contribution in [2.24, 2.45) is 0 Å². The normalized spacial score (nSPS) is 17.8. The molecule has 6 heteroatoms. The molecule has 2 aromatic carbocycles. The van der Waals surface area contributed by atoms with E-state index in [1.807, 2.05) is 12.1 Å². The third-order valence-corrected chi connectivity index (χ3v) is 5.11. The molecule has 3 rings (SSSR count). The van der Waals surface area contributed by atoms with E-state index < -0.39 is 12.0 Å². The number of aliphatic carboxylic acids is 1. The molecular formula is C20H22ClLiN2O2. The van der Waals surface area contributed by atoms with Crippen molar-refractivity contribution in [1.82, 2.24) is 10.2 Å². The van der Waals surface area contributed by atoms with Gasteiger partial charge in [0.25, 0.3) is 0 Å². The number of benzene rings is 2. The number of hydrogen-bond donors (Lipinski definition) is 1. The van der Waals surface area contributed by atoms with Gasteiger partial charge >= 0.3 is 18.9 Å². The van der Waals surface area contributed by atoms with E-state index >= 15 is 0 Å². The van der Waals surface area contributed by atoms with Gasteiger partial charge in [-0.25, -0.2) is 0 Å². The SMILES string of the molecule is CN1Cc2ccccc2C[C@@H]1CN[C@H](Cc1ccc(Cl)cc1)C(=O)[O-].[Li+]. The van der Waals surface area contributed by atoms with Crippen molar-refractivity contribution in [3.8, 4) is 0 Å². The van der Waals surface area contributed by atoms with Gasteiger partial charge in [-0.1, -0.05) is 48.0 Å². The minimum absolute atomic E-state index is 0. The van der Waals surface area contributed by atoms with Gasteiger partial charge in [-0.05, 0) is 48.7 Å². The quantitative estimate of drug-likeness (QED) is 0.644. The third kappa shape index (κ3) is 5.36. The molecule has 1 aliphatic rings. The molecule has 0 aliphatic carbocycles. The zero-order valence-electron chi connectivity index (χ0n) is 15.2. The van der Waals surface area contributed by atoms with Crippen LogP contribution in [0, 0.1) is 0 Å². The molecule has 0 fully saturated rings. The summed E-state index contributed by atoms with van der Waals surface area (Å²) in [6.07, 6.45) is 1.30. The molecule has 132 valence electrons. The summed E-state index contributed by atoms with van der Waals surface area (Å²) in [5.41, 5.74) is 3.61. The monoisotopic (exact) mass is 364 g/mol. The standard InChI is InChI=1S/C20H23ClN2O2.Li/c1-23-13-16-5-3-2-4-15(16)11-18(23)12-22-19(20(24)25)10-14-6-8-17(21)9-7-14;/h2-9,18-19,22H,10-13H2,1H3,(H,24,25);/q;+1/p-1/t18-,19-;/m1./s1. The topological polar surface area (TPSA) is 55.4 Å². The molecule has 0 spiro atoms. The van der Waals surface area contributed by atoms with Crippen LogP contribution in [0.2, 0.25) is 5.02 Å². The molecule has 4 nitrogen and oxygen atoms in total. The Bertz CT molecular complexity index is 739. The number of halogens is 1. The zero-order valence-corrected chi connectivity index (χ0v) is 16.0. The van der Waals surface area contributed by atoms with Crippen LogP contribution in [-0.4, -0.2) is 36.5 Å². The summed E-state index contributed by atoms with van der Waals surface area (Å²) in [5, 5.41) is 15.3. The fraction of sp³-hybridized carbons (Fsp3) is 0.350. The van der Waals surface area contributed by atoms with Crippen LogP contribution in [0.1, 0.15) is 16.7 Å². The van der Waals surface area contributed by atoms with E-state index in [-0.39, 0.29) is 24.9 Å². The molecule has 0 bridgehead atoms. The van der Waals surface area contributed by atoms with Crippen LogP contribution in [0.4, 0.5) is 0 Å². The Balaban J connectivity index is 0.00000243. The van der Waals surface area contributed by atoms with Crippen molar-refractivity contribution in [3.63, 3.8) is 0 Å². The van der Waals surface area contributed by atoms with Crippen LogP contribution in [0.5, 0.6) is 0 Å². The number of carbonyl (C=O) groups is 1. The molecule has 0 saturated heterocycles. The minimum atomic E-state index is -1.08. The van der Waals surface area contributed by atoms with Crippen LogP contribution >= 0.6 is 11.6 Å². The number of likely N-dealkylation sites (N-methyl/N-ethyl adjacent to an activating group) is 1. The molecule has 1 aliphatic heterocycles. The van der Waals surface area contributed by atoms with E-state index in [0.29, 0.717) is 18.0 Å². The number of nitrogens with one attached hydrogen (secondary N) is 1. The summed E-state index contributed by atoms with van der Waals surface area (Å²) in [6.45, 7) is 1.49. The first-order valence-electron chi connectivity index (χ1n) is 8.48. The van der Waals surface area contributed by atoms with Gasteiger partial charge in [0.1, 0.15) is 0 Å². The summed E-state index contributed by atoms with van der Waals surface area (Å²) in [5.74, 6) is -1.08. The zero-order chi connectivity index (χ0) is 17.8. The van der Waals surface area contributed by atoms with Crippen LogP contribution in [0.3, 0.4) is 0 Å². The van der Waals surface area contributed by atoms with E-state index in [1.54, 1.807) is 12.1 Å². The summed E-state index contributed by atoms with van der Waals surface area (Å²) in [4.78, 5) is 13.8. The smallest absolute Gasteiger partial charge is 0.548 e. The molecule has 2 atom stereocenters. The summed E-state index contributed by atoms with van der Waals surface area (Å²) >= 11 is 5.88. The van der Waals surface area contributed by atoms with Crippen LogP contribution in [0.15, 0.2) is 48.5 Å². The second kappa shape index (κ2) is 9.59. The van der Waals surface area contributed by atoms with Crippen molar-refractivity contribution < 1.29 is 28.8 Å². The Morgan fingerprint density at radius 3 is 2.54 bits per heavy atom. The average Bonchev–Trinajstić information content (AvgIpc) is 2.60. The molecule has 0 radical (unpaired) electrons. The first-order chi connectivity index (χ1) is 12.0. The minimum Gasteiger partial charge on any atom is -0.548 e. The van der Waals surface area contributed by atoms with Crippen molar-refractivity contribution in [2.75, 3.05) is 13.6 Å². The van der Waals surface area contributed by atoms with Crippen LogP contribution in [0.25, 0.3) is 0 Å². The molecule has 2 aromatic rings. The Hall–Kier alpha value is -1.28. The van der Waals surface area contributed by atoms with Gasteiger partial charge in [0.2, 0.25) is 0 Å². The number of carbonyl (C=O) groups excluding carboxylic acids is 1.